The summed E-state index contributed by atoms with van der Waals surface area (Å²) in [5.74, 6) is -1.89. The summed E-state index contributed by atoms with van der Waals surface area (Å²) in [5, 5.41) is 3.39. The van der Waals surface area contributed by atoms with E-state index in [0.29, 0.717) is 42.8 Å². The lowest BCUT2D eigenvalue weighted by Crippen LogP contribution is -2.53. The molecule has 1 aliphatic heterocycles. The lowest BCUT2D eigenvalue weighted by atomic mass is 9.81. The number of rotatable bonds is 5. The molecular formula is C31H34ClF6N3O3. The molecule has 2 fully saturated rings. The first-order chi connectivity index (χ1) is 20.5. The average molecular weight is 646 g/mol. The highest BCUT2D eigenvalue weighted by molar-refractivity contribution is 6.31. The molecule has 1 aliphatic carbocycles. The Morgan fingerprint density at radius 2 is 1.50 bits per heavy atom. The molecule has 6 nitrogen and oxygen atoms in total. The van der Waals surface area contributed by atoms with E-state index in [9.17, 15) is 40.7 Å². The van der Waals surface area contributed by atoms with Crippen LogP contribution in [0, 0.1) is 12.8 Å². The summed E-state index contributed by atoms with van der Waals surface area (Å²) in [4.78, 5) is 41.4. The standard InChI is InChI=1S/C31H34ClF6N3O3/c1-17-12-20(6-9-26(17)32)25-16-41(29(44)19-4-7-24(8-5-19)39-18(2)42)11-10-27(25)40(3)28(43)21-13-22(30(33,34)35)15-23(14-21)31(36,37)38/h6,9,12-15,19,24-25,27H,4-5,7-8,10-11,16H2,1-3H3,(H,39,42)/t19-,24-,25-,27+/m0/s1. The van der Waals surface area contributed by atoms with Gasteiger partial charge in [-0.3, -0.25) is 14.4 Å². The van der Waals surface area contributed by atoms with Crippen LogP contribution in [0.4, 0.5) is 26.3 Å². The molecule has 0 unspecified atom stereocenters. The minimum atomic E-state index is -5.09. The van der Waals surface area contributed by atoms with E-state index >= 15 is 0 Å². The van der Waals surface area contributed by atoms with Gasteiger partial charge in [-0.25, -0.2) is 0 Å². The SMILES string of the molecule is CC(=O)N[C@H]1CC[C@H](C(=O)N2CC[C@@H](N(C)C(=O)c3cc(C(F)(F)F)cc(C(F)(F)F)c3)[C@H](c3ccc(Cl)c(C)c3)C2)CC1. The van der Waals surface area contributed by atoms with Crippen LogP contribution in [0.5, 0.6) is 0 Å². The fourth-order valence-electron chi connectivity index (χ4n) is 6.29. The fourth-order valence-corrected chi connectivity index (χ4v) is 6.41. The van der Waals surface area contributed by atoms with Gasteiger partial charge in [0, 0.05) is 61.6 Å². The number of carbonyl (C=O) groups excluding carboxylic acids is 3. The molecule has 2 aliphatic rings. The van der Waals surface area contributed by atoms with Crippen molar-refractivity contribution >= 4 is 29.3 Å². The quantitative estimate of drug-likeness (QED) is 0.362. The highest BCUT2D eigenvalue weighted by Gasteiger charge is 2.41. The van der Waals surface area contributed by atoms with Gasteiger partial charge in [0.2, 0.25) is 11.8 Å². The second-order valence-corrected chi connectivity index (χ2v) is 12.1. The first kappa shape index (κ1) is 33.6. The zero-order valence-electron chi connectivity index (χ0n) is 24.5. The van der Waals surface area contributed by atoms with Crippen molar-refractivity contribution in [1.82, 2.24) is 15.1 Å². The Kier molecular flexibility index (Phi) is 9.92. The molecular weight excluding hydrogens is 612 g/mol. The highest BCUT2D eigenvalue weighted by atomic mass is 35.5. The van der Waals surface area contributed by atoms with Crippen molar-refractivity contribution in [3.63, 3.8) is 0 Å². The number of likely N-dealkylation sites (tertiary alicyclic amines) is 1. The number of likely N-dealkylation sites (N-methyl/N-ethyl adjacent to an activating group) is 1. The fraction of sp³-hybridized carbons (Fsp3) is 0.516. The molecule has 1 saturated heterocycles. The van der Waals surface area contributed by atoms with Crippen LogP contribution in [-0.4, -0.2) is 59.7 Å². The van der Waals surface area contributed by atoms with E-state index < -0.39 is 46.9 Å². The molecule has 0 radical (unpaired) electrons. The maximum absolute atomic E-state index is 13.6. The zero-order valence-corrected chi connectivity index (χ0v) is 25.2. The Bertz CT molecular complexity index is 1370. The number of alkyl halides is 6. The van der Waals surface area contributed by atoms with E-state index in [2.05, 4.69) is 5.32 Å². The largest absolute Gasteiger partial charge is 0.416 e. The molecule has 0 bridgehead atoms. The predicted molar refractivity (Wildman–Crippen MR) is 152 cm³/mol. The molecule has 2 atom stereocenters. The van der Waals surface area contributed by atoms with Gasteiger partial charge in [-0.05, 0) is 74.4 Å². The van der Waals surface area contributed by atoms with Crippen LogP contribution in [-0.2, 0) is 21.9 Å². The van der Waals surface area contributed by atoms with Crippen LogP contribution in [0.2, 0.25) is 5.02 Å². The van der Waals surface area contributed by atoms with Crippen LogP contribution in [0.15, 0.2) is 36.4 Å². The van der Waals surface area contributed by atoms with Gasteiger partial charge in [0.05, 0.1) is 11.1 Å². The third kappa shape index (κ3) is 7.68. The van der Waals surface area contributed by atoms with Gasteiger partial charge in [-0.2, -0.15) is 26.3 Å². The number of benzene rings is 2. The minimum absolute atomic E-state index is 0.0101. The molecule has 1 N–H and O–H groups in total. The smallest absolute Gasteiger partial charge is 0.354 e. The molecule has 44 heavy (non-hydrogen) atoms. The summed E-state index contributed by atoms with van der Waals surface area (Å²) in [6.07, 6.45) is -7.39. The topological polar surface area (TPSA) is 69.7 Å². The van der Waals surface area contributed by atoms with Crippen molar-refractivity contribution in [1.29, 1.82) is 0 Å². The van der Waals surface area contributed by atoms with Gasteiger partial charge in [-0.1, -0.05) is 23.7 Å². The van der Waals surface area contributed by atoms with Crippen molar-refractivity contribution in [2.75, 3.05) is 20.1 Å². The Hall–Kier alpha value is -3.28. The van der Waals surface area contributed by atoms with E-state index in [0.717, 1.165) is 11.1 Å². The maximum atomic E-state index is 13.6. The van der Waals surface area contributed by atoms with Crippen LogP contribution < -0.4 is 5.32 Å². The predicted octanol–water partition coefficient (Wildman–Crippen LogP) is 6.84. The van der Waals surface area contributed by atoms with E-state index in [1.165, 1.54) is 18.9 Å². The van der Waals surface area contributed by atoms with Crippen molar-refractivity contribution in [2.45, 2.75) is 76.3 Å². The van der Waals surface area contributed by atoms with Crippen LogP contribution in [0.25, 0.3) is 0 Å². The number of piperidine rings is 1. The normalized spacial score (nSPS) is 22.8. The van der Waals surface area contributed by atoms with E-state index in [-0.39, 0.29) is 49.4 Å². The van der Waals surface area contributed by atoms with Gasteiger partial charge >= 0.3 is 12.4 Å². The molecule has 0 aromatic heterocycles. The van der Waals surface area contributed by atoms with Gasteiger partial charge < -0.3 is 15.1 Å². The molecule has 240 valence electrons. The van der Waals surface area contributed by atoms with Crippen molar-refractivity contribution < 1.29 is 40.7 Å². The average Bonchev–Trinajstić information content (AvgIpc) is 2.96. The van der Waals surface area contributed by atoms with Gasteiger partial charge in [0.15, 0.2) is 0 Å². The monoisotopic (exact) mass is 645 g/mol. The summed E-state index contributed by atoms with van der Waals surface area (Å²) in [5.41, 5.74) is -2.38. The van der Waals surface area contributed by atoms with Crippen LogP contribution in [0.3, 0.4) is 0 Å². The number of carbonyl (C=O) groups is 3. The molecule has 13 heteroatoms. The molecule has 2 aromatic rings. The Balaban J connectivity index is 1.61. The Morgan fingerprint density at radius 1 is 0.909 bits per heavy atom. The van der Waals surface area contributed by atoms with Crippen molar-refractivity contribution in [2.24, 2.45) is 5.92 Å². The Morgan fingerprint density at radius 3 is 2.02 bits per heavy atom. The number of aryl methyl sites for hydroxylation is 1. The van der Waals surface area contributed by atoms with Crippen molar-refractivity contribution in [3.05, 3.63) is 69.2 Å². The maximum Gasteiger partial charge on any atom is 0.416 e. The number of hydrogen-bond donors (Lipinski definition) is 1. The number of nitrogens with zero attached hydrogens (tertiary/aromatic N) is 2. The lowest BCUT2D eigenvalue weighted by molar-refractivity contribution is -0.143. The highest BCUT2D eigenvalue weighted by Crippen LogP contribution is 2.38. The summed E-state index contributed by atoms with van der Waals surface area (Å²) in [7, 11) is 1.36. The first-order valence-electron chi connectivity index (χ1n) is 14.3. The van der Waals surface area contributed by atoms with Crippen molar-refractivity contribution in [3.8, 4) is 0 Å². The molecule has 2 aromatic carbocycles. The summed E-state index contributed by atoms with van der Waals surface area (Å²) >= 11 is 6.24. The number of nitrogens with one attached hydrogen (secondary N) is 1. The molecule has 4 rings (SSSR count). The number of amides is 3. The second kappa shape index (κ2) is 13.0. The van der Waals surface area contributed by atoms with Crippen LogP contribution in [0.1, 0.15) is 77.6 Å². The third-order valence-corrected chi connectivity index (χ3v) is 9.06. The second-order valence-electron chi connectivity index (χ2n) is 11.7. The molecule has 1 saturated carbocycles. The number of halogens is 7. The van der Waals surface area contributed by atoms with Gasteiger partial charge in [0.1, 0.15) is 0 Å². The molecule has 0 spiro atoms. The van der Waals surface area contributed by atoms with E-state index in [4.69, 9.17) is 11.6 Å². The number of hydrogen-bond acceptors (Lipinski definition) is 3. The summed E-state index contributed by atoms with van der Waals surface area (Å²) < 4.78 is 81.0. The van der Waals surface area contributed by atoms with Gasteiger partial charge in [-0.15, -0.1) is 0 Å². The molecule has 3 amide bonds. The van der Waals surface area contributed by atoms with E-state index in [1.807, 2.05) is 6.07 Å². The summed E-state index contributed by atoms with van der Waals surface area (Å²) in [6.45, 7) is 3.69. The zero-order chi connectivity index (χ0) is 32.6. The minimum Gasteiger partial charge on any atom is -0.354 e. The Labute approximate surface area is 256 Å². The van der Waals surface area contributed by atoms with Gasteiger partial charge in [0.25, 0.3) is 5.91 Å². The van der Waals surface area contributed by atoms with Crippen LogP contribution >= 0.6 is 11.6 Å². The summed E-state index contributed by atoms with van der Waals surface area (Å²) in [6, 6.07) is 5.49. The van der Waals surface area contributed by atoms with E-state index in [1.54, 1.807) is 24.0 Å². The lowest BCUT2D eigenvalue weighted by Gasteiger charge is -2.44. The molecule has 1 heterocycles. The first-order valence-corrected chi connectivity index (χ1v) is 14.7. The third-order valence-electron chi connectivity index (χ3n) is 8.63.